The third-order valence-electron chi connectivity index (χ3n) is 3.61. The molecule has 21 heavy (non-hydrogen) atoms. The van der Waals surface area contributed by atoms with Gasteiger partial charge >= 0.3 is 0 Å². The highest BCUT2D eigenvalue weighted by Gasteiger charge is 2.19. The molecule has 0 saturated carbocycles. The van der Waals surface area contributed by atoms with Crippen LogP contribution in [0.4, 0.5) is 10.1 Å². The van der Waals surface area contributed by atoms with Gasteiger partial charge in [0.05, 0.1) is 5.56 Å². The molecule has 0 aliphatic heterocycles. The first kappa shape index (κ1) is 15.2. The first-order chi connectivity index (χ1) is 9.99. The molecule has 110 valence electrons. The molecule has 0 N–H and O–H groups in total. The molecule has 2 aromatic carbocycles. The molecule has 2 aromatic rings. The molecule has 2 rings (SSSR count). The molecule has 0 aromatic heterocycles. The molecular formula is C18H20FNO. The Morgan fingerprint density at radius 2 is 1.76 bits per heavy atom. The molecule has 0 amide bonds. The van der Waals surface area contributed by atoms with Crippen LogP contribution in [0.15, 0.2) is 48.5 Å². The summed E-state index contributed by atoms with van der Waals surface area (Å²) in [5.41, 5.74) is 2.42. The Bertz CT molecular complexity index is 621. The van der Waals surface area contributed by atoms with Crippen molar-refractivity contribution in [3.05, 3.63) is 65.5 Å². The molecule has 1 unspecified atom stereocenters. The molecule has 2 nitrogen and oxygen atoms in total. The van der Waals surface area contributed by atoms with Crippen LogP contribution in [0.25, 0.3) is 0 Å². The van der Waals surface area contributed by atoms with E-state index in [1.54, 1.807) is 18.2 Å². The number of benzene rings is 2. The summed E-state index contributed by atoms with van der Waals surface area (Å²) in [7, 11) is 1.94. The zero-order valence-corrected chi connectivity index (χ0v) is 12.6. The zero-order chi connectivity index (χ0) is 15.4. The molecule has 3 heteroatoms. The fraction of sp³-hybridized carbons (Fsp3) is 0.278. The molecule has 0 radical (unpaired) electrons. The monoisotopic (exact) mass is 285 g/mol. The summed E-state index contributed by atoms with van der Waals surface area (Å²) in [6.45, 7) is 4.42. The lowest BCUT2D eigenvalue weighted by Crippen LogP contribution is -2.29. The number of hydrogen-bond donors (Lipinski definition) is 0. The van der Waals surface area contributed by atoms with Crippen LogP contribution in [0.3, 0.4) is 0 Å². The van der Waals surface area contributed by atoms with Crippen molar-refractivity contribution >= 4 is 11.5 Å². The van der Waals surface area contributed by atoms with Gasteiger partial charge in [0.15, 0.2) is 5.78 Å². The van der Waals surface area contributed by atoms with E-state index in [2.05, 4.69) is 0 Å². The van der Waals surface area contributed by atoms with E-state index in [0.29, 0.717) is 6.54 Å². The smallest absolute Gasteiger partial charge is 0.170 e. The average molecular weight is 285 g/mol. The minimum Gasteiger partial charge on any atom is -0.374 e. The van der Waals surface area contributed by atoms with Gasteiger partial charge in [-0.3, -0.25) is 4.79 Å². The average Bonchev–Trinajstić information content (AvgIpc) is 2.47. The van der Waals surface area contributed by atoms with E-state index < -0.39 is 5.82 Å². The van der Waals surface area contributed by atoms with E-state index in [9.17, 15) is 9.18 Å². The molecular weight excluding hydrogens is 265 g/mol. The van der Waals surface area contributed by atoms with Crippen LogP contribution in [0.2, 0.25) is 0 Å². The number of nitrogens with zero attached hydrogens (tertiary/aromatic N) is 1. The standard InChI is InChI=1S/C18H20FNO/c1-13-8-10-15(11-9-13)20(3)12-14(2)18(21)16-6-4-5-7-17(16)19/h4-11,14H,12H2,1-3H3. The second-order valence-corrected chi connectivity index (χ2v) is 5.46. The maximum atomic E-state index is 13.7. The van der Waals surface area contributed by atoms with Gasteiger partial charge in [0.1, 0.15) is 5.82 Å². The first-order valence-corrected chi connectivity index (χ1v) is 7.05. The molecule has 1 atom stereocenters. The Balaban J connectivity index is 2.07. The number of anilines is 1. The largest absolute Gasteiger partial charge is 0.374 e. The summed E-state index contributed by atoms with van der Waals surface area (Å²) < 4.78 is 13.7. The number of carbonyl (C=O) groups is 1. The molecule has 0 fully saturated rings. The highest BCUT2D eigenvalue weighted by Crippen LogP contribution is 2.18. The fourth-order valence-electron chi connectivity index (χ4n) is 2.32. The van der Waals surface area contributed by atoms with Gasteiger partial charge in [-0.15, -0.1) is 0 Å². The number of rotatable bonds is 5. The lowest BCUT2D eigenvalue weighted by molar-refractivity contribution is 0.0929. The van der Waals surface area contributed by atoms with Crippen LogP contribution in [0.5, 0.6) is 0 Å². The van der Waals surface area contributed by atoms with Crippen LogP contribution < -0.4 is 4.90 Å². The van der Waals surface area contributed by atoms with Crippen LogP contribution in [-0.2, 0) is 0 Å². The Kier molecular flexibility index (Phi) is 4.73. The molecule has 0 bridgehead atoms. The van der Waals surface area contributed by atoms with Crippen molar-refractivity contribution in [1.82, 2.24) is 0 Å². The Hall–Kier alpha value is -2.16. The van der Waals surface area contributed by atoms with Crippen molar-refractivity contribution in [2.24, 2.45) is 5.92 Å². The number of ketones is 1. The zero-order valence-electron chi connectivity index (χ0n) is 12.6. The maximum absolute atomic E-state index is 13.7. The lowest BCUT2D eigenvalue weighted by Gasteiger charge is -2.23. The van der Waals surface area contributed by atoms with E-state index in [4.69, 9.17) is 0 Å². The highest BCUT2D eigenvalue weighted by atomic mass is 19.1. The van der Waals surface area contributed by atoms with E-state index in [1.807, 2.05) is 50.1 Å². The summed E-state index contributed by atoms with van der Waals surface area (Å²) >= 11 is 0. The van der Waals surface area contributed by atoms with Crippen molar-refractivity contribution in [3.8, 4) is 0 Å². The van der Waals surface area contributed by atoms with Gasteiger partial charge in [0.25, 0.3) is 0 Å². The molecule has 0 saturated heterocycles. The number of aryl methyl sites for hydroxylation is 1. The van der Waals surface area contributed by atoms with Crippen LogP contribution in [0, 0.1) is 18.7 Å². The summed E-state index contributed by atoms with van der Waals surface area (Å²) in [6.07, 6.45) is 0. The quantitative estimate of drug-likeness (QED) is 0.771. The van der Waals surface area contributed by atoms with Gasteiger partial charge in [-0.25, -0.2) is 4.39 Å². The van der Waals surface area contributed by atoms with Gasteiger partial charge in [-0.2, -0.15) is 0 Å². The topological polar surface area (TPSA) is 20.3 Å². The predicted molar refractivity (Wildman–Crippen MR) is 84.3 cm³/mol. The van der Waals surface area contributed by atoms with E-state index in [0.717, 1.165) is 5.69 Å². The summed E-state index contributed by atoms with van der Waals surface area (Å²) in [6, 6.07) is 14.3. The minimum atomic E-state index is -0.452. The van der Waals surface area contributed by atoms with Crippen molar-refractivity contribution < 1.29 is 9.18 Å². The Morgan fingerprint density at radius 1 is 1.14 bits per heavy atom. The maximum Gasteiger partial charge on any atom is 0.170 e. The molecule has 0 aliphatic rings. The van der Waals surface area contributed by atoms with Crippen LogP contribution in [-0.4, -0.2) is 19.4 Å². The number of Topliss-reactive ketones (excluding diaryl/α,β-unsaturated/α-hetero) is 1. The van der Waals surface area contributed by atoms with Crippen molar-refractivity contribution in [2.75, 3.05) is 18.5 Å². The predicted octanol–water partition coefficient (Wildman–Crippen LogP) is 4.09. The van der Waals surface area contributed by atoms with Crippen molar-refractivity contribution in [1.29, 1.82) is 0 Å². The van der Waals surface area contributed by atoms with Gasteiger partial charge < -0.3 is 4.90 Å². The number of halogens is 1. The SMILES string of the molecule is Cc1ccc(N(C)CC(C)C(=O)c2ccccc2F)cc1. The minimum absolute atomic E-state index is 0.160. The summed E-state index contributed by atoms with van der Waals surface area (Å²) in [5.74, 6) is -0.882. The van der Waals surface area contributed by atoms with Crippen LogP contribution >= 0.6 is 0 Å². The number of carbonyl (C=O) groups excluding carboxylic acids is 1. The number of hydrogen-bond acceptors (Lipinski definition) is 2. The summed E-state index contributed by atoms with van der Waals surface area (Å²) in [5, 5.41) is 0. The second kappa shape index (κ2) is 6.53. The first-order valence-electron chi connectivity index (χ1n) is 7.05. The van der Waals surface area contributed by atoms with E-state index in [1.165, 1.54) is 11.6 Å². The second-order valence-electron chi connectivity index (χ2n) is 5.46. The Morgan fingerprint density at radius 3 is 2.38 bits per heavy atom. The molecule has 0 aliphatic carbocycles. The molecule has 0 spiro atoms. The van der Waals surface area contributed by atoms with Gasteiger partial charge in [-0.05, 0) is 31.2 Å². The fourth-order valence-corrected chi connectivity index (χ4v) is 2.32. The van der Waals surface area contributed by atoms with Crippen LogP contribution in [0.1, 0.15) is 22.8 Å². The van der Waals surface area contributed by atoms with Gasteiger partial charge in [0, 0.05) is 25.2 Å². The van der Waals surface area contributed by atoms with E-state index in [-0.39, 0.29) is 17.3 Å². The summed E-state index contributed by atoms with van der Waals surface area (Å²) in [4.78, 5) is 14.3. The third kappa shape index (κ3) is 3.69. The lowest BCUT2D eigenvalue weighted by atomic mass is 9.98. The normalized spacial score (nSPS) is 12.0. The van der Waals surface area contributed by atoms with Crippen molar-refractivity contribution in [3.63, 3.8) is 0 Å². The Labute approximate surface area is 125 Å². The van der Waals surface area contributed by atoms with E-state index >= 15 is 0 Å². The van der Waals surface area contributed by atoms with Gasteiger partial charge in [0.2, 0.25) is 0 Å². The third-order valence-corrected chi connectivity index (χ3v) is 3.61. The molecule has 0 heterocycles. The van der Waals surface area contributed by atoms with Gasteiger partial charge in [-0.1, -0.05) is 36.8 Å². The highest BCUT2D eigenvalue weighted by molar-refractivity contribution is 5.98. The van der Waals surface area contributed by atoms with Crippen molar-refractivity contribution in [2.45, 2.75) is 13.8 Å².